The standard InChI is InChI=1S/C23H32O4/c1-22-6-5-16-15(17(22)12-19-21(22)27-10-9-25-19)4-3-14-11-18-20(13-23(14,16)2)26-8-7-24-18/h3,5-6,15-21H,4,7-13H2,1-2H3/t15-,16+,17+,18?,19?,20?,21?,22+,23+/m1/s1. The van der Waals surface area contributed by atoms with Gasteiger partial charge in [0.2, 0.25) is 0 Å². The number of ether oxygens (including phenoxy) is 4. The molecular weight excluding hydrogens is 340 g/mol. The van der Waals surface area contributed by atoms with Crippen LogP contribution in [0.2, 0.25) is 0 Å². The van der Waals surface area contributed by atoms with Crippen LogP contribution < -0.4 is 0 Å². The second-order valence-electron chi connectivity index (χ2n) is 10.1. The Hall–Kier alpha value is -0.680. The van der Waals surface area contributed by atoms with Gasteiger partial charge in [-0.3, -0.25) is 0 Å². The Morgan fingerprint density at radius 1 is 0.926 bits per heavy atom. The molecule has 4 heteroatoms. The van der Waals surface area contributed by atoms with Crippen LogP contribution in [0.4, 0.5) is 0 Å². The lowest BCUT2D eigenvalue weighted by molar-refractivity contribution is -0.168. The summed E-state index contributed by atoms with van der Waals surface area (Å²) in [5.41, 5.74) is 1.94. The summed E-state index contributed by atoms with van der Waals surface area (Å²) < 4.78 is 24.5. The van der Waals surface area contributed by atoms with Gasteiger partial charge in [0.15, 0.2) is 0 Å². The summed E-state index contributed by atoms with van der Waals surface area (Å²) in [6, 6.07) is 0. The zero-order chi connectivity index (χ0) is 18.2. The van der Waals surface area contributed by atoms with Gasteiger partial charge in [-0.05, 0) is 48.9 Å². The fraction of sp³-hybridized carbons (Fsp3) is 0.826. The van der Waals surface area contributed by atoms with Crippen molar-refractivity contribution < 1.29 is 18.9 Å². The van der Waals surface area contributed by atoms with Gasteiger partial charge in [0.05, 0.1) is 50.8 Å². The number of hydrogen-bond donors (Lipinski definition) is 0. The monoisotopic (exact) mass is 372 g/mol. The van der Waals surface area contributed by atoms with Crippen LogP contribution in [0.15, 0.2) is 23.8 Å². The van der Waals surface area contributed by atoms with E-state index < -0.39 is 0 Å². The van der Waals surface area contributed by atoms with E-state index in [2.05, 4.69) is 32.1 Å². The molecule has 0 aromatic carbocycles. The van der Waals surface area contributed by atoms with Crippen molar-refractivity contribution in [2.75, 3.05) is 26.4 Å². The molecule has 2 heterocycles. The van der Waals surface area contributed by atoms with E-state index in [-0.39, 0.29) is 35.2 Å². The first kappa shape index (κ1) is 17.2. The molecule has 0 aromatic rings. The Labute approximate surface area is 162 Å². The highest BCUT2D eigenvalue weighted by Crippen LogP contribution is 2.63. The van der Waals surface area contributed by atoms with Crippen molar-refractivity contribution in [2.24, 2.45) is 28.6 Å². The maximum atomic E-state index is 6.23. The molecule has 6 rings (SSSR count). The van der Waals surface area contributed by atoms with Crippen molar-refractivity contribution in [3.63, 3.8) is 0 Å². The van der Waals surface area contributed by atoms with Crippen LogP contribution in [0.5, 0.6) is 0 Å². The van der Waals surface area contributed by atoms with Crippen molar-refractivity contribution in [3.8, 4) is 0 Å². The van der Waals surface area contributed by atoms with Crippen LogP contribution in [0.1, 0.15) is 39.5 Å². The molecular formula is C23H32O4. The first-order valence-electron chi connectivity index (χ1n) is 10.9. The summed E-state index contributed by atoms with van der Waals surface area (Å²) in [6.45, 7) is 7.91. The molecule has 0 aromatic heterocycles. The van der Waals surface area contributed by atoms with Crippen LogP contribution in [-0.4, -0.2) is 50.8 Å². The lowest BCUT2D eigenvalue weighted by Gasteiger charge is -2.57. The van der Waals surface area contributed by atoms with Crippen molar-refractivity contribution in [1.29, 1.82) is 0 Å². The maximum Gasteiger partial charge on any atom is 0.0928 e. The van der Waals surface area contributed by atoms with E-state index in [4.69, 9.17) is 18.9 Å². The highest BCUT2D eigenvalue weighted by Gasteiger charge is 2.61. The van der Waals surface area contributed by atoms with Gasteiger partial charge in [-0.2, -0.15) is 0 Å². The molecule has 6 aliphatic rings. The molecule has 4 nitrogen and oxygen atoms in total. The fourth-order valence-corrected chi connectivity index (χ4v) is 7.55. The lowest BCUT2D eigenvalue weighted by Crippen LogP contribution is -2.54. The molecule has 0 bridgehead atoms. The first-order chi connectivity index (χ1) is 13.1. The average molecular weight is 373 g/mol. The number of rotatable bonds is 0. The number of hydrogen-bond acceptors (Lipinski definition) is 4. The summed E-state index contributed by atoms with van der Waals surface area (Å²) in [5, 5.41) is 0. The van der Waals surface area contributed by atoms with Gasteiger partial charge in [-0.15, -0.1) is 0 Å². The van der Waals surface area contributed by atoms with E-state index in [0.717, 1.165) is 45.7 Å². The molecule has 4 unspecified atom stereocenters. The molecule has 0 amide bonds. The maximum absolute atomic E-state index is 6.23. The molecule has 2 saturated carbocycles. The summed E-state index contributed by atoms with van der Waals surface area (Å²) >= 11 is 0. The van der Waals surface area contributed by atoms with E-state index in [9.17, 15) is 0 Å². The lowest BCUT2D eigenvalue weighted by atomic mass is 9.50. The zero-order valence-electron chi connectivity index (χ0n) is 16.6. The largest absolute Gasteiger partial charge is 0.373 e. The molecule has 27 heavy (non-hydrogen) atoms. The summed E-state index contributed by atoms with van der Waals surface area (Å²) in [4.78, 5) is 0. The van der Waals surface area contributed by atoms with E-state index in [1.54, 1.807) is 5.57 Å². The Kier molecular flexibility index (Phi) is 3.77. The predicted octanol–water partition coefficient (Wildman–Crippen LogP) is 3.51. The van der Waals surface area contributed by atoms with Crippen LogP contribution in [-0.2, 0) is 18.9 Å². The van der Waals surface area contributed by atoms with Crippen LogP contribution >= 0.6 is 0 Å². The Morgan fingerprint density at radius 2 is 1.67 bits per heavy atom. The normalized spacial score (nSPS) is 56.2. The molecule has 4 fully saturated rings. The van der Waals surface area contributed by atoms with Gasteiger partial charge in [0, 0.05) is 5.41 Å². The van der Waals surface area contributed by atoms with Crippen molar-refractivity contribution in [3.05, 3.63) is 23.8 Å². The van der Waals surface area contributed by atoms with Crippen LogP contribution in [0.25, 0.3) is 0 Å². The van der Waals surface area contributed by atoms with E-state index in [0.29, 0.717) is 17.8 Å². The summed E-state index contributed by atoms with van der Waals surface area (Å²) in [5.74, 6) is 1.94. The molecule has 9 atom stereocenters. The molecule has 0 radical (unpaired) electrons. The third-order valence-electron chi connectivity index (χ3n) is 8.90. The van der Waals surface area contributed by atoms with Crippen molar-refractivity contribution in [2.45, 2.75) is 63.9 Å². The van der Waals surface area contributed by atoms with Crippen molar-refractivity contribution >= 4 is 0 Å². The first-order valence-corrected chi connectivity index (χ1v) is 10.9. The van der Waals surface area contributed by atoms with Gasteiger partial charge < -0.3 is 18.9 Å². The highest BCUT2D eigenvalue weighted by atomic mass is 16.6. The quantitative estimate of drug-likeness (QED) is 0.610. The third-order valence-corrected chi connectivity index (χ3v) is 8.90. The molecule has 0 N–H and O–H groups in total. The minimum atomic E-state index is 0.121. The average Bonchev–Trinajstić information content (AvgIpc) is 2.99. The Bertz CT molecular complexity index is 686. The van der Waals surface area contributed by atoms with Gasteiger partial charge in [-0.25, -0.2) is 0 Å². The summed E-state index contributed by atoms with van der Waals surface area (Å²) in [6.07, 6.45) is 13.2. The smallest absolute Gasteiger partial charge is 0.0928 e. The van der Waals surface area contributed by atoms with Crippen LogP contribution in [0, 0.1) is 28.6 Å². The van der Waals surface area contributed by atoms with E-state index in [1.165, 1.54) is 6.42 Å². The molecule has 148 valence electrons. The SMILES string of the molecule is C[C@]12CC3OCCOC3CC1=CC[C@@H]1[C@@H]2C=C[C@]2(C)C3OCCOC3C[C@@H]12. The molecule has 4 aliphatic carbocycles. The fourth-order valence-electron chi connectivity index (χ4n) is 7.55. The van der Waals surface area contributed by atoms with E-state index >= 15 is 0 Å². The second-order valence-corrected chi connectivity index (χ2v) is 10.1. The Morgan fingerprint density at radius 3 is 2.52 bits per heavy atom. The molecule has 0 spiro atoms. The predicted molar refractivity (Wildman–Crippen MR) is 101 cm³/mol. The minimum Gasteiger partial charge on any atom is -0.373 e. The zero-order valence-corrected chi connectivity index (χ0v) is 16.6. The van der Waals surface area contributed by atoms with Gasteiger partial charge in [0.1, 0.15) is 0 Å². The third kappa shape index (κ3) is 2.30. The second kappa shape index (κ2) is 5.91. The molecule has 2 saturated heterocycles. The number of fused-ring (bicyclic) bond motifs is 8. The number of allylic oxidation sites excluding steroid dienone is 2. The van der Waals surface area contributed by atoms with Gasteiger partial charge in [0.25, 0.3) is 0 Å². The van der Waals surface area contributed by atoms with Crippen molar-refractivity contribution in [1.82, 2.24) is 0 Å². The summed E-state index contributed by atoms with van der Waals surface area (Å²) in [7, 11) is 0. The minimum absolute atomic E-state index is 0.121. The van der Waals surface area contributed by atoms with Crippen LogP contribution in [0.3, 0.4) is 0 Å². The molecule has 2 aliphatic heterocycles. The van der Waals surface area contributed by atoms with E-state index in [1.807, 2.05) is 0 Å². The highest BCUT2D eigenvalue weighted by molar-refractivity contribution is 5.32. The Balaban J connectivity index is 1.35. The van der Waals surface area contributed by atoms with Gasteiger partial charge in [-0.1, -0.05) is 37.6 Å². The topological polar surface area (TPSA) is 36.9 Å². The van der Waals surface area contributed by atoms with Gasteiger partial charge >= 0.3 is 0 Å².